The van der Waals surface area contributed by atoms with E-state index in [2.05, 4.69) is 63.4 Å². The molecule has 6 heteroatoms. The number of imidazole rings is 1. The van der Waals surface area contributed by atoms with Crippen LogP contribution in [0.25, 0.3) is 5.65 Å². The molecule has 1 aliphatic rings. The molecule has 1 fully saturated rings. The van der Waals surface area contributed by atoms with Gasteiger partial charge in [-0.3, -0.25) is 0 Å². The Hall–Kier alpha value is -2.60. The highest BCUT2D eigenvalue weighted by Gasteiger charge is 2.14. The number of aromatic nitrogens is 3. The molecule has 0 amide bonds. The molecule has 3 aromatic rings. The zero-order chi connectivity index (χ0) is 16.5. The van der Waals surface area contributed by atoms with Crippen LogP contribution in [-0.2, 0) is 0 Å². The molecule has 124 valence electrons. The minimum Gasteiger partial charge on any atom is -0.369 e. The Labute approximate surface area is 141 Å². The molecule has 0 unspecified atom stereocenters. The van der Waals surface area contributed by atoms with Gasteiger partial charge in [-0.2, -0.15) is 0 Å². The SMILES string of the molecule is Cc1cc(Nc2cccc(N3CCN(C)CC3)c2)nn2ccnc12. The van der Waals surface area contributed by atoms with E-state index in [1.165, 1.54) is 5.69 Å². The second kappa shape index (κ2) is 6.13. The molecule has 0 radical (unpaired) electrons. The van der Waals surface area contributed by atoms with Gasteiger partial charge in [0.05, 0.1) is 0 Å². The Morgan fingerprint density at radius 2 is 1.92 bits per heavy atom. The van der Waals surface area contributed by atoms with E-state index in [1.54, 1.807) is 6.20 Å². The molecule has 4 rings (SSSR count). The Kier molecular flexibility index (Phi) is 3.82. The molecule has 1 aliphatic heterocycles. The molecule has 6 nitrogen and oxygen atoms in total. The van der Waals surface area contributed by atoms with Crippen LogP contribution < -0.4 is 10.2 Å². The minimum atomic E-state index is 0.827. The highest BCUT2D eigenvalue weighted by molar-refractivity contribution is 5.64. The fourth-order valence-corrected chi connectivity index (χ4v) is 3.13. The van der Waals surface area contributed by atoms with Crippen LogP contribution in [0.5, 0.6) is 0 Å². The van der Waals surface area contributed by atoms with Gasteiger partial charge in [-0.25, -0.2) is 9.50 Å². The number of anilines is 3. The number of hydrogen-bond acceptors (Lipinski definition) is 5. The number of aryl methyl sites for hydroxylation is 1. The number of piperazine rings is 1. The Morgan fingerprint density at radius 3 is 2.75 bits per heavy atom. The van der Waals surface area contributed by atoms with Crippen LogP contribution in [0.1, 0.15) is 5.56 Å². The summed E-state index contributed by atoms with van der Waals surface area (Å²) < 4.78 is 1.81. The lowest BCUT2D eigenvalue weighted by Crippen LogP contribution is -2.44. The van der Waals surface area contributed by atoms with Crippen LogP contribution in [0, 0.1) is 6.92 Å². The maximum atomic E-state index is 4.57. The topological polar surface area (TPSA) is 48.7 Å². The number of hydrogen-bond donors (Lipinski definition) is 1. The number of likely N-dealkylation sites (N-methyl/N-ethyl adjacent to an activating group) is 1. The van der Waals surface area contributed by atoms with E-state index in [1.807, 2.05) is 16.8 Å². The van der Waals surface area contributed by atoms with E-state index in [4.69, 9.17) is 0 Å². The monoisotopic (exact) mass is 322 g/mol. The van der Waals surface area contributed by atoms with Crippen molar-refractivity contribution >= 4 is 22.8 Å². The summed E-state index contributed by atoms with van der Waals surface area (Å²) in [4.78, 5) is 9.11. The maximum Gasteiger partial charge on any atom is 0.156 e. The van der Waals surface area contributed by atoms with Crippen LogP contribution in [0.4, 0.5) is 17.2 Å². The fraction of sp³-hybridized carbons (Fsp3) is 0.333. The molecular formula is C18H22N6. The average molecular weight is 322 g/mol. The van der Waals surface area contributed by atoms with Crippen molar-refractivity contribution in [3.63, 3.8) is 0 Å². The second-order valence-electron chi connectivity index (χ2n) is 6.37. The molecule has 0 atom stereocenters. The summed E-state index contributed by atoms with van der Waals surface area (Å²) in [6.45, 7) is 6.40. The van der Waals surface area contributed by atoms with Gasteiger partial charge in [-0.1, -0.05) is 6.07 Å². The summed E-state index contributed by atoms with van der Waals surface area (Å²) in [5.74, 6) is 0.827. The maximum absolute atomic E-state index is 4.57. The quantitative estimate of drug-likeness (QED) is 0.803. The van der Waals surface area contributed by atoms with Crippen LogP contribution in [0.2, 0.25) is 0 Å². The van der Waals surface area contributed by atoms with E-state index in [9.17, 15) is 0 Å². The Morgan fingerprint density at radius 1 is 1.08 bits per heavy atom. The molecule has 0 saturated carbocycles. The van der Waals surface area contributed by atoms with Gasteiger partial charge in [0.2, 0.25) is 0 Å². The molecule has 1 N–H and O–H groups in total. The van der Waals surface area contributed by atoms with Crippen LogP contribution >= 0.6 is 0 Å². The number of benzene rings is 1. The standard InChI is InChI=1S/C18H22N6/c1-14-12-17(21-24-7-6-19-18(14)24)20-15-4-3-5-16(13-15)23-10-8-22(2)9-11-23/h3-7,12-13H,8-11H2,1-2H3,(H,20,21). The van der Waals surface area contributed by atoms with Crippen molar-refractivity contribution in [1.29, 1.82) is 0 Å². The van der Waals surface area contributed by atoms with Gasteiger partial charge in [0, 0.05) is 49.9 Å². The molecule has 3 heterocycles. The molecule has 0 spiro atoms. The van der Waals surface area contributed by atoms with Crippen molar-refractivity contribution in [2.45, 2.75) is 6.92 Å². The van der Waals surface area contributed by atoms with Crippen molar-refractivity contribution in [2.75, 3.05) is 43.4 Å². The van der Waals surface area contributed by atoms with Crippen LogP contribution in [-0.4, -0.2) is 52.7 Å². The predicted molar refractivity (Wildman–Crippen MR) is 97.2 cm³/mol. The summed E-state index contributed by atoms with van der Waals surface area (Å²) in [5, 5.41) is 7.98. The van der Waals surface area contributed by atoms with Crippen molar-refractivity contribution in [1.82, 2.24) is 19.5 Å². The minimum absolute atomic E-state index is 0.827. The molecule has 1 aromatic carbocycles. The molecule has 0 aliphatic carbocycles. The summed E-state index contributed by atoms with van der Waals surface area (Å²) >= 11 is 0. The van der Waals surface area contributed by atoms with Crippen molar-refractivity contribution in [3.05, 3.63) is 48.3 Å². The van der Waals surface area contributed by atoms with E-state index in [-0.39, 0.29) is 0 Å². The summed E-state index contributed by atoms with van der Waals surface area (Å²) in [5.41, 5.74) is 4.31. The third-order valence-electron chi connectivity index (χ3n) is 4.53. The first-order valence-corrected chi connectivity index (χ1v) is 8.31. The highest BCUT2D eigenvalue weighted by atomic mass is 15.3. The number of rotatable bonds is 3. The first kappa shape index (κ1) is 15.0. The normalized spacial score (nSPS) is 15.8. The lowest BCUT2D eigenvalue weighted by Gasteiger charge is -2.34. The lowest BCUT2D eigenvalue weighted by molar-refractivity contribution is 0.313. The third kappa shape index (κ3) is 2.92. The Bertz CT molecular complexity index is 848. The predicted octanol–water partition coefficient (Wildman–Crippen LogP) is 2.53. The summed E-state index contributed by atoms with van der Waals surface area (Å²) in [6.07, 6.45) is 3.64. The molecule has 1 saturated heterocycles. The van der Waals surface area contributed by atoms with Gasteiger partial charge in [-0.05, 0) is 43.8 Å². The number of nitrogens with one attached hydrogen (secondary N) is 1. The third-order valence-corrected chi connectivity index (χ3v) is 4.53. The molecule has 24 heavy (non-hydrogen) atoms. The van der Waals surface area contributed by atoms with Crippen molar-refractivity contribution in [2.24, 2.45) is 0 Å². The van der Waals surface area contributed by atoms with Gasteiger partial charge >= 0.3 is 0 Å². The highest BCUT2D eigenvalue weighted by Crippen LogP contribution is 2.23. The number of fused-ring (bicyclic) bond motifs is 1. The van der Waals surface area contributed by atoms with Gasteiger partial charge in [-0.15, -0.1) is 5.10 Å². The zero-order valence-electron chi connectivity index (χ0n) is 14.1. The molecular weight excluding hydrogens is 300 g/mol. The average Bonchev–Trinajstić information content (AvgIpc) is 3.05. The van der Waals surface area contributed by atoms with Gasteiger partial charge in [0.15, 0.2) is 11.5 Å². The molecule has 0 bridgehead atoms. The molecule has 2 aromatic heterocycles. The number of nitrogens with zero attached hydrogens (tertiary/aromatic N) is 5. The van der Waals surface area contributed by atoms with E-state index >= 15 is 0 Å². The largest absolute Gasteiger partial charge is 0.369 e. The zero-order valence-corrected chi connectivity index (χ0v) is 14.1. The van der Waals surface area contributed by atoms with E-state index < -0.39 is 0 Å². The first-order chi connectivity index (χ1) is 11.7. The summed E-state index contributed by atoms with van der Waals surface area (Å²) in [7, 11) is 2.18. The van der Waals surface area contributed by atoms with Gasteiger partial charge < -0.3 is 15.1 Å². The first-order valence-electron chi connectivity index (χ1n) is 8.31. The summed E-state index contributed by atoms with van der Waals surface area (Å²) in [6, 6.07) is 10.6. The second-order valence-corrected chi connectivity index (χ2v) is 6.37. The van der Waals surface area contributed by atoms with Crippen LogP contribution in [0.3, 0.4) is 0 Å². The smallest absolute Gasteiger partial charge is 0.156 e. The van der Waals surface area contributed by atoms with Gasteiger partial charge in [0.25, 0.3) is 0 Å². The van der Waals surface area contributed by atoms with Crippen molar-refractivity contribution in [3.8, 4) is 0 Å². The van der Waals surface area contributed by atoms with Gasteiger partial charge in [0.1, 0.15) is 0 Å². The van der Waals surface area contributed by atoms with E-state index in [0.717, 1.165) is 48.9 Å². The lowest BCUT2D eigenvalue weighted by atomic mass is 10.2. The fourth-order valence-electron chi connectivity index (χ4n) is 3.13. The van der Waals surface area contributed by atoms with E-state index in [0.29, 0.717) is 0 Å². The van der Waals surface area contributed by atoms with Crippen molar-refractivity contribution < 1.29 is 0 Å². The van der Waals surface area contributed by atoms with Crippen LogP contribution in [0.15, 0.2) is 42.7 Å². The Balaban J connectivity index is 1.56.